The van der Waals surface area contributed by atoms with Crippen molar-refractivity contribution >= 4 is 28.3 Å². The van der Waals surface area contributed by atoms with E-state index in [1.165, 1.54) is 29.2 Å². The van der Waals surface area contributed by atoms with Crippen LogP contribution in [0.15, 0.2) is 29.2 Å². The van der Waals surface area contributed by atoms with E-state index in [9.17, 15) is 13.2 Å². The van der Waals surface area contributed by atoms with Gasteiger partial charge in [-0.05, 0) is 37.6 Å². The van der Waals surface area contributed by atoms with E-state index in [4.69, 9.17) is 5.73 Å². The Morgan fingerprint density at radius 1 is 1.29 bits per heavy atom. The molecule has 1 rings (SSSR count). The molecule has 8 heteroatoms. The Balaban J connectivity index is 0.00000400. The zero-order valence-corrected chi connectivity index (χ0v) is 14.0. The number of nitrogens with two attached hydrogens (primary N) is 1. The van der Waals surface area contributed by atoms with Crippen molar-refractivity contribution in [3.8, 4) is 0 Å². The van der Waals surface area contributed by atoms with Gasteiger partial charge in [-0.15, -0.1) is 12.4 Å². The number of rotatable bonds is 6. The molecule has 1 aromatic carbocycles. The summed E-state index contributed by atoms with van der Waals surface area (Å²) in [6.45, 7) is 2.11. The molecule has 1 aromatic rings. The molecule has 1 unspecified atom stereocenters. The number of hydrogen-bond acceptors (Lipinski definition) is 4. The van der Waals surface area contributed by atoms with E-state index >= 15 is 0 Å². The zero-order chi connectivity index (χ0) is 15.3. The maximum absolute atomic E-state index is 12.0. The second-order valence-electron chi connectivity index (χ2n) is 4.89. The second kappa shape index (κ2) is 8.33. The molecule has 21 heavy (non-hydrogen) atoms. The molecular formula is C13H22ClN3O3S. The molecule has 0 saturated heterocycles. The largest absolute Gasteiger partial charge is 0.345 e. The highest BCUT2D eigenvalue weighted by molar-refractivity contribution is 7.89. The van der Waals surface area contributed by atoms with Gasteiger partial charge in [0, 0.05) is 32.2 Å². The van der Waals surface area contributed by atoms with Gasteiger partial charge in [0.15, 0.2) is 0 Å². The Morgan fingerprint density at radius 3 is 2.24 bits per heavy atom. The summed E-state index contributed by atoms with van der Waals surface area (Å²) < 4.78 is 26.4. The van der Waals surface area contributed by atoms with Crippen molar-refractivity contribution in [3.63, 3.8) is 0 Å². The predicted octanol–water partition coefficient (Wildman–Crippen LogP) is 0.826. The van der Waals surface area contributed by atoms with Crippen molar-refractivity contribution in [2.24, 2.45) is 5.73 Å². The Morgan fingerprint density at radius 2 is 1.81 bits per heavy atom. The third-order valence-electron chi connectivity index (χ3n) is 2.71. The van der Waals surface area contributed by atoms with Crippen LogP contribution in [0.2, 0.25) is 0 Å². The second-order valence-corrected chi connectivity index (χ2v) is 6.65. The van der Waals surface area contributed by atoms with Crippen molar-refractivity contribution in [2.45, 2.75) is 24.3 Å². The number of carbonyl (C=O) groups excluding carboxylic acids is 1. The summed E-state index contributed by atoms with van der Waals surface area (Å²) in [6.07, 6.45) is 0.566. The minimum Gasteiger partial charge on any atom is -0.345 e. The molecule has 0 aliphatic heterocycles. The zero-order valence-electron chi connectivity index (χ0n) is 12.4. The molecule has 0 spiro atoms. The molecule has 0 aromatic heterocycles. The number of nitrogens with one attached hydrogen (secondary N) is 1. The number of amides is 1. The number of nitrogens with zero attached hydrogens (tertiary/aromatic N) is 1. The van der Waals surface area contributed by atoms with E-state index in [2.05, 4.69) is 4.72 Å². The average Bonchev–Trinajstić information content (AvgIpc) is 2.37. The first-order valence-corrected chi connectivity index (χ1v) is 7.79. The molecule has 1 atom stereocenters. The van der Waals surface area contributed by atoms with Crippen LogP contribution in [0.5, 0.6) is 0 Å². The van der Waals surface area contributed by atoms with Crippen molar-refractivity contribution in [1.82, 2.24) is 9.62 Å². The standard InChI is InChI=1S/C13H21N3O3S.ClH/c1-10(14)8-9-15-20(18,19)12-6-4-11(5-7-12)13(17)16(2)3;/h4-7,10,15H,8-9,14H2,1-3H3;1H. The topological polar surface area (TPSA) is 92.5 Å². The highest BCUT2D eigenvalue weighted by Gasteiger charge is 2.15. The number of hydrogen-bond donors (Lipinski definition) is 2. The number of carbonyl (C=O) groups is 1. The van der Waals surface area contributed by atoms with Crippen LogP contribution < -0.4 is 10.5 Å². The van der Waals surface area contributed by atoms with Crippen LogP contribution >= 0.6 is 12.4 Å². The molecule has 0 aliphatic rings. The van der Waals surface area contributed by atoms with Gasteiger partial charge in [-0.3, -0.25) is 4.79 Å². The molecule has 0 fully saturated rings. The lowest BCUT2D eigenvalue weighted by Crippen LogP contribution is -2.29. The third-order valence-corrected chi connectivity index (χ3v) is 4.19. The summed E-state index contributed by atoms with van der Waals surface area (Å²) in [4.78, 5) is 13.3. The van der Waals surface area contributed by atoms with Gasteiger partial charge in [0.2, 0.25) is 10.0 Å². The van der Waals surface area contributed by atoms with Crippen molar-refractivity contribution in [2.75, 3.05) is 20.6 Å². The van der Waals surface area contributed by atoms with E-state index < -0.39 is 10.0 Å². The summed E-state index contributed by atoms with van der Waals surface area (Å²) in [7, 11) is -0.266. The molecule has 0 bridgehead atoms. The fourth-order valence-electron chi connectivity index (χ4n) is 1.54. The van der Waals surface area contributed by atoms with E-state index in [1.54, 1.807) is 14.1 Å². The average molecular weight is 336 g/mol. The van der Waals surface area contributed by atoms with E-state index in [0.29, 0.717) is 18.5 Å². The molecule has 120 valence electrons. The Kier molecular flexibility index (Phi) is 7.87. The molecule has 0 heterocycles. The third kappa shape index (κ3) is 6.01. The van der Waals surface area contributed by atoms with Crippen molar-refractivity contribution in [3.05, 3.63) is 29.8 Å². The van der Waals surface area contributed by atoms with Gasteiger partial charge in [-0.1, -0.05) is 0 Å². The summed E-state index contributed by atoms with van der Waals surface area (Å²) in [5.41, 5.74) is 6.01. The van der Waals surface area contributed by atoms with Gasteiger partial charge in [0.05, 0.1) is 4.90 Å². The lowest BCUT2D eigenvalue weighted by Gasteiger charge is -2.11. The minimum absolute atomic E-state index is 0. The van der Waals surface area contributed by atoms with Gasteiger partial charge in [0.25, 0.3) is 5.91 Å². The van der Waals surface area contributed by atoms with E-state index in [-0.39, 0.29) is 29.3 Å². The fourth-order valence-corrected chi connectivity index (χ4v) is 2.59. The van der Waals surface area contributed by atoms with E-state index in [0.717, 1.165) is 0 Å². The lowest BCUT2D eigenvalue weighted by atomic mass is 10.2. The Bertz CT molecular complexity index is 557. The first kappa shape index (κ1) is 19.9. The van der Waals surface area contributed by atoms with Gasteiger partial charge in [-0.25, -0.2) is 13.1 Å². The highest BCUT2D eigenvalue weighted by Crippen LogP contribution is 2.11. The number of halogens is 1. The van der Waals surface area contributed by atoms with Crippen LogP contribution in [0.3, 0.4) is 0 Å². The maximum atomic E-state index is 12.0. The van der Waals surface area contributed by atoms with Crippen LogP contribution in [0.25, 0.3) is 0 Å². The predicted molar refractivity (Wildman–Crippen MR) is 85.2 cm³/mol. The monoisotopic (exact) mass is 335 g/mol. The van der Waals surface area contributed by atoms with Crippen LogP contribution in [0, 0.1) is 0 Å². The molecule has 0 aliphatic carbocycles. The fraction of sp³-hybridized carbons (Fsp3) is 0.462. The summed E-state index contributed by atoms with van der Waals surface area (Å²) >= 11 is 0. The molecule has 1 amide bonds. The normalized spacial score (nSPS) is 12.4. The van der Waals surface area contributed by atoms with Crippen LogP contribution in [0.1, 0.15) is 23.7 Å². The van der Waals surface area contributed by atoms with Crippen LogP contribution in [0.4, 0.5) is 0 Å². The van der Waals surface area contributed by atoms with Gasteiger partial charge >= 0.3 is 0 Å². The quantitative estimate of drug-likeness (QED) is 0.805. The van der Waals surface area contributed by atoms with Gasteiger partial charge in [0.1, 0.15) is 0 Å². The molecular weight excluding hydrogens is 314 g/mol. The van der Waals surface area contributed by atoms with Crippen LogP contribution in [-0.4, -0.2) is 45.9 Å². The lowest BCUT2D eigenvalue weighted by molar-refractivity contribution is 0.0827. The molecule has 0 radical (unpaired) electrons. The summed E-state index contributed by atoms with van der Waals surface area (Å²) in [5, 5.41) is 0. The maximum Gasteiger partial charge on any atom is 0.253 e. The number of benzene rings is 1. The Hall–Kier alpha value is -1.15. The van der Waals surface area contributed by atoms with Crippen molar-refractivity contribution < 1.29 is 13.2 Å². The SMILES string of the molecule is CC(N)CCNS(=O)(=O)c1ccc(C(=O)N(C)C)cc1.Cl. The summed E-state index contributed by atoms with van der Waals surface area (Å²) in [5.74, 6) is -0.168. The first-order valence-electron chi connectivity index (χ1n) is 6.31. The smallest absolute Gasteiger partial charge is 0.253 e. The number of sulfonamides is 1. The van der Waals surface area contributed by atoms with Gasteiger partial charge < -0.3 is 10.6 Å². The minimum atomic E-state index is -3.55. The van der Waals surface area contributed by atoms with Crippen molar-refractivity contribution in [1.29, 1.82) is 0 Å². The molecule has 3 N–H and O–H groups in total. The van der Waals surface area contributed by atoms with Crippen LogP contribution in [-0.2, 0) is 10.0 Å². The summed E-state index contributed by atoms with van der Waals surface area (Å²) in [6, 6.07) is 5.79. The molecule has 6 nitrogen and oxygen atoms in total. The molecule has 0 saturated carbocycles. The Labute approximate surface area is 132 Å². The highest BCUT2D eigenvalue weighted by atomic mass is 35.5. The van der Waals surface area contributed by atoms with E-state index in [1.807, 2.05) is 6.92 Å². The van der Waals surface area contributed by atoms with Gasteiger partial charge in [-0.2, -0.15) is 0 Å². The first-order chi connectivity index (χ1) is 9.24.